The van der Waals surface area contributed by atoms with E-state index in [1.807, 2.05) is 38.1 Å². The summed E-state index contributed by atoms with van der Waals surface area (Å²) in [5, 5.41) is 7.94. The molecule has 0 aliphatic heterocycles. The Morgan fingerprint density at radius 3 is 2.75 bits per heavy atom. The zero-order valence-corrected chi connectivity index (χ0v) is 12.6. The van der Waals surface area contributed by atoms with E-state index in [4.69, 9.17) is 11.6 Å². The van der Waals surface area contributed by atoms with Crippen molar-refractivity contribution in [3.05, 3.63) is 35.0 Å². The minimum Gasteiger partial charge on any atom is -0.356 e. The molecule has 0 unspecified atom stereocenters. The molecule has 0 fully saturated rings. The summed E-state index contributed by atoms with van der Waals surface area (Å²) < 4.78 is 0. The van der Waals surface area contributed by atoms with Gasteiger partial charge in [0.15, 0.2) is 0 Å². The monoisotopic (exact) mass is 293 g/mol. The molecular weight excluding hydrogens is 274 g/mol. The number of hydrogen-bond acceptors (Lipinski definition) is 2. The average molecular weight is 294 g/mol. The van der Waals surface area contributed by atoms with Gasteiger partial charge in [0.05, 0.1) is 5.02 Å². The van der Waals surface area contributed by atoms with Gasteiger partial charge in [0.2, 0.25) is 5.91 Å². The van der Waals surface area contributed by atoms with Crippen LogP contribution in [-0.4, -0.2) is 24.0 Å². The Morgan fingerprint density at radius 1 is 1.30 bits per heavy atom. The van der Waals surface area contributed by atoms with Crippen LogP contribution >= 0.6 is 11.6 Å². The standard InChI is InChI=1S/C15H20ClN3O/c1-10(2)15(20)18-8-7-17-9-13-14(16)11-5-3-4-6-12(11)19-13/h3-6,10,17,19H,7-9H2,1-2H3,(H,18,20). The molecule has 1 heterocycles. The summed E-state index contributed by atoms with van der Waals surface area (Å²) in [4.78, 5) is 14.7. The number of benzene rings is 1. The van der Waals surface area contributed by atoms with Crippen LogP contribution in [0.25, 0.3) is 10.9 Å². The van der Waals surface area contributed by atoms with Crippen LogP contribution in [0.15, 0.2) is 24.3 Å². The van der Waals surface area contributed by atoms with Crippen molar-refractivity contribution in [2.24, 2.45) is 5.92 Å². The summed E-state index contributed by atoms with van der Waals surface area (Å²) in [6.07, 6.45) is 0. The van der Waals surface area contributed by atoms with Crippen LogP contribution in [-0.2, 0) is 11.3 Å². The van der Waals surface area contributed by atoms with Crippen LogP contribution in [0.4, 0.5) is 0 Å². The summed E-state index contributed by atoms with van der Waals surface area (Å²) in [7, 11) is 0. The highest BCUT2D eigenvalue weighted by Gasteiger charge is 2.08. The van der Waals surface area contributed by atoms with Gasteiger partial charge in [0.25, 0.3) is 0 Å². The van der Waals surface area contributed by atoms with Gasteiger partial charge in [-0.05, 0) is 6.07 Å². The largest absolute Gasteiger partial charge is 0.356 e. The number of carbonyl (C=O) groups excluding carboxylic acids is 1. The molecule has 0 aliphatic rings. The second-order valence-electron chi connectivity index (χ2n) is 5.09. The molecule has 20 heavy (non-hydrogen) atoms. The smallest absolute Gasteiger partial charge is 0.222 e. The van der Waals surface area contributed by atoms with E-state index in [-0.39, 0.29) is 11.8 Å². The zero-order chi connectivity index (χ0) is 14.5. The maximum atomic E-state index is 11.4. The van der Waals surface area contributed by atoms with E-state index in [2.05, 4.69) is 15.6 Å². The number of rotatable bonds is 6. The summed E-state index contributed by atoms with van der Waals surface area (Å²) >= 11 is 6.32. The molecule has 108 valence electrons. The predicted octanol–water partition coefficient (Wildman–Crippen LogP) is 2.68. The van der Waals surface area contributed by atoms with Gasteiger partial charge in [0, 0.05) is 42.1 Å². The minimum atomic E-state index is 0.0261. The number of hydrogen-bond donors (Lipinski definition) is 3. The van der Waals surface area contributed by atoms with Crippen LogP contribution in [0.2, 0.25) is 5.02 Å². The van der Waals surface area contributed by atoms with Gasteiger partial charge in [0.1, 0.15) is 0 Å². The molecule has 1 amide bonds. The van der Waals surface area contributed by atoms with E-state index in [0.29, 0.717) is 19.6 Å². The highest BCUT2D eigenvalue weighted by atomic mass is 35.5. The minimum absolute atomic E-state index is 0.0261. The molecule has 2 aromatic rings. The molecule has 1 aromatic heterocycles. The molecule has 0 saturated heterocycles. The van der Waals surface area contributed by atoms with Gasteiger partial charge in [-0.3, -0.25) is 4.79 Å². The topological polar surface area (TPSA) is 56.9 Å². The van der Waals surface area contributed by atoms with Crippen molar-refractivity contribution in [1.82, 2.24) is 15.6 Å². The molecule has 3 N–H and O–H groups in total. The van der Waals surface area contributed by atoms with E-state index < -0.39 is 0 Å². The molecule has 0 aliphatic carbocycles. The lowest BCUT2D eigenvalue weighted by Gasteiger charge is -2.08. The van der Waals surface area contributed by atoms with Gasteiger partial charge in [-0.15, -0.1) is 0 Å². The van der Waals surface area contributed by atoms with Crippen molar-refractivity contribution < 1.29 is 4.79 Å². The molecular formula is C15H20ClN3O. The number of carbonyl (C=O) groups is 1. The number of halogens is 1. The van der Waals surface area contributed by atoms with Gasteiger partial charge in [-0.2, -0.15) is 0 Å². The Labute approximate surface area is 123 Å². The lowest BCUT2D eigenvalue weighted by Crippen LogP contribution is -2.34. The fourth-order valence-electron chi connectivity index (χ4n) is 1.98. The third kappa shape index (κ3) is 3.52. The first-order valence-electron chi connectivity index (χ1n) is 6.83. The highest BCUT2D eigenvalue weighted by Crippen LogP contribution is 2.26. The Balaban J connectivity index is 1.81. The van der Waals surface area contributed by atoms with Crippen LogP contribution in [0.5, 0.6) is 0 Å². The molecule has 1 aromatic carbocycles. The third-order valence-corrected chi connectivity index (χ3v) is 3.57. The van der Waals surface area contributed by atoms with Gasteiger partial charge in [-0.1, -0.05) is 43.6 Å². The number of nitrogens with one attached hydrogen (secondary N) is 3. The fourth-order valence-corrected chi connectivity index (χ4v) is 2.26. The van der Waals surface area contributed by atoms with E-state index in [9.17, 15) is 4.79 Å². The second kappa shape index (κ2) is 6.77. The number of aromatic nitrogens is 1. The highest BCUT2D eigenvalue weighted by molar-refractivity contribution is 6.36. The van der Waals surface area contributed by atoms with Crippen molar-refractivity contribution in [3.8, 4) is 0 Å². The van der Waals surface area contributed by atoms with Crippen LogP contribution in [0.3, 0.4) is 0 Å². The number of para-hydroxylation sites is 1. The first-order chi connectivity index (χ1) is 9.59. The molecule has 0 saturated carbocycles. The molecule has 0 radical (unpaired) electrons. The molecule has 0 atom stereocenters. The van der Waals surface area contributed by atoms with E-state index in [1.165, 1.54) is 0 Å². The van der Waals surface area contributed by atoms with Crippen molar-refractivity contribution in [2.45, 2.75) is 20.4 Å². The van der Waals surface area contributed by atoms with Crippen molar-refractivity contribution in [2.75, 3.05) is 13.1 Å². The number of fused-ring (bicyclic) bond motifs is 1. The van der Waals surface area contributed by atoms with E-state index in [0.717, 1.165) is 21.6 Å². The van der Waals surface area contributed by atoms with Crippen LogP contribution < -0.4 is 10.6 Å². The van der Waals surface area contributed by atoms with Crippen molar-refractivity contribution in [1.29, 1.82) is 0 Å². The lowest BCUT2D eigenvalue weighted by molar-refractivity contribution is -0.123. The number of H-pyrrole nitrogens is 1. The molecule has 4 nitrogen and oxygen atoms in total. The normalized spacial score (nSPS) is 11.2. The third-order valence-electron chi connectivity index (χ3n) is 3.14. The Morgan fingerprint density at radius 2 is 2.05 bits per heavy atom. The van der Waals surface area contributed by atoms with Crippen molar-refractivity contribution >= 4 is 28.4 Å². The zero-order valence-electron chi connectivity index (χ0n) is 11.8. The molecule has 0 bridgehead atoms. The maximum Gasteiger partial charge on any atom is 0.222 e. The van der Waals surface area contributed by atoms with E-state index in [1.54, 1.807) is 0 Å². The first kappa shape index (κ1) is 14.9. The number of amides is 1. The SMILES string of the molecule is CC(C)C(=O)NCCNCc1[nH]c2ccccc2c1Cl. The van der Waals surface area contributed by atoms with Gasteiger partial charge in [-0.25, -0.2) is 0 Å². The molecule has 5 heteroatoms. The van der Waals surface area contributed by atoms with Crippen LogP contribution in [0, 0.1) is 5.92 Å². The van der Waals surface area contributed by atoms with E-state index >= 15 is 0 Å². The summed E-state index contributed by atoms with van der Waals surface area (Å²) in [5.41, 5.74) is 2.02. The maximum absolute atomic E-state index is 11.4. The molecule has 0 spiro atoms. The summed E-state index contributed by atoms with van der Waals surface area (Å²) in [6, 6.07) is 7.96. The fraction of sp³-hybridized carbons (Fsp3) is 0.400. The predicted molar refractivity (Wildman–Crippen MR) is 82.9 cm³/mol. The average Bonchev–Trinajstić information content (AvgIpc) is 2.75. The Bertz CT molecular complexity index is 592. The molecule has 2 rings (SSSR count). The Kier molecular flexibility index (Phi) is 5.04. The Hall–Kier alpha value is -1.52. The van der Waals surface area contributed by atoms with Crippen molar-refractivity contribution in [3.63, 3.8) is 0 Å². The van der Waals surface area contributed by atoms with Gasteiger partial charge < -0.3 is 15.6 Å². The van der Waals surface area contributed by atoms with Gasteiger partial charge >= 0.3 is 0 Å². The second-order valence-corrected chi connectivity index (χ2v) is 5.46. The first-order valence-corrected chi connectivity index (χ1v) is 7.21. The summed E-state index contributed by atoms with van der Waals surface area (Å²) in [5.74, 6) is 0.105. The quantitative estimate of drug-likeness (QED) is 0.717. The number of aromatic amines is 1. The van der Waals surface area contributed by atoms with Crippen LogP contribution in [0.1, 0.15) is 19.5 Å². The summed E-state index contributed by atoms with van der Waals surface area (Å²) in [6.45, 7) is 5.75. The lowest BCUT2D eigenvalue weighted by atomic mass is 10.2.